The number of carbonyl (C=O) groups is 1. The van der Waals surface area contributed by atoms with E-state index in [9.17, 15) is 4.79 Å². The van der Waals surface area contributed by atoms with Crippen LogP contribution in [0.25, 0.3) is 0 Å². The third-order valence-electron chi connectivity index (χ3n) is 4.41. The van der Waals surface area contributed by atoms with E-state index in [4.69, 9.17) is 9.47 Å². The van der Waals surface area contributed by atoms with E-state index in [2.05, 4.69) is 66.4 Å². The van der Waals surface area contributed by atoms with Crippen LogP contribution in [0.5, 0.6) is 0 Å². The van der Waals surface area contributed by atoms with Crippen LogP contribution in [-0.4, -0.2) is 43.8 Å². The zero-order chi connectivity index (χ0) is 21.5. The van der Waals surface area contributed by atoms with E-state index in [1.54, 1.807) is 0 Å². The lowest BCUT2D eigenvalue weighted by molar-refractivity contribution is -0.0210. The molecule has 4 nitrogen and oxygen atoms in total. The number of nitrogens with zero attached hydrogens (tertiary/aromatic N) is 1. The maximum Gasteiger partial charge on any atom is 0.150 e. The Morgan fingerprint density at radius 2 is 1.39 bits per heavy atom. The van der Waals surface area contributed by atoms with E-state index >= 15 is 0 Å². The van der Waals surface area contributed by atoms with Gasteiger partial charge in [-0.05, 0) is 84.1 Å². The highest BCUT2D eigenvalue weighted by Crippen LogP contribution is 2.22. The van der Waals surface area contributed by atoms with Crippen molar-refractivity contribution >= 4 is 12.0 Å². The predicted octanol–water partition coefficient (Wildman–Crippen LogP) is 5.52. The molecule has 2 unspecified atom stereocenters. The van der Waals surface area contributed by atoms with Crippen LogP contribution in [0.2, 0.25) is 0 Å². The van der Waals surface area contributed by atoms with Crippen LogP contribution in [0.4, 0.5) is 5.69 Å². The molecule has 1 aromatic carbocycles. The standard InChI is InChI=1S/C24H41NO3/c1-18(16-27-23(4,5)6)13-25(14-19(2)17-28-24(7,8)9)22-11-10-21(15-26)20(3)12-22/h10-12,15,18-19H,13-14,16-17H2,1-9H3. The molecule has 0 N–H and O–H groups in total. The summed E-state index contributed by atoms with van der Waals surface area (Å²) in [6.45, 7) is 22.2. The molecule has 0 aromatic heterocycles. The van der Waals surface area contributed by atoms with Crippen molar-refractivity contribution in [1.29, 1.82) is 0 Å². The molecule has 0 fully saturated rings. The second kappa shape index (κ2) is 10.4. The number of aryl methyl sites for hydroxylation is 1. The molecule has 0 saturated heterocycles. The first-order chi connectivity index (χ1) is 12.8. The van der Waals surface area contributed by atoms with Gasteiger partial charge in [0.15, 0.2) is 0 Å². The zero-order valence-electron chi connectivity index (χ0n) is 19.5. The van der Waals surface area contributed by atoms with Crippen molar-refractivity contribution in [3.8, 4) is 0 Å². The molecule has 4 heteroatoms. The monoisotopic (exact) mass is 391 g/mol. The van der Waals surface area contributed by atoms with Gasteiger partial charge in [0.05, 0.1) is 24.4 Å². The fourth-order valence-electron chi connectivity index (χ4n) is 2.92. The van der Waals surface area contributed by atoms with E-state index in [0.29, 0.717) is 11.8 Å². The lowest BCUT2D eigenvalue weighted by atomic mass is 10.1. The predicted molar refractivity (Wildman–Crippen MR) is 119 cm³/mol. The highest BCUT2D eigenvalue weighted by Gasteiger charge is 2.19. The van der Waals surface area contributed by atoms with E-state index in [-0.39, 0.29) is 11.2 Å². The fraction of sp³-hybridized carbons (Fsp3) is 0.708. The maximum absolute atomic E-state index is 11.2. The Hall–Kier alpha value is -1.39. The van der Waals surface area contributed by atoms with Crippen LogP contribution in [0.3, 0.4) is 0 Å². The van der Waals surface area contributed by atoms with Gasteiger partial charge in [-0.2, -0.15) is 0 Å². The largest absolute Gasteiger partial charge is 0.376 e. The normalized spacial score (nSPS) is 14.6. The molecular formula is C24H41NO3. The van der Waals surface area contributed by atoms with Gasteiger partial charge in [0.1, 0.15) is 6.29 Å². The third kappa shape index (κ3) is 9.70. The summed E-state index contributed by atoms with van der Waals surface area (Å²) in [6, 6.07) is 6.07. The Bertz CT molecular complexity index is 587. The Morgan fingerprint density at radius 1 is 0.929 bits per heavy atom. The number of carbonyl (C=O) groups excluding carboxylic acids is 1. The molecule has 0 aliphatic rings. The average Bonchev–Trinajstić information content (AvgIpc) is 2.56. The summed E-state index contributed by atoms with van der Waals surface area (Å²) in [5.41, 5.74) is 2.64. The molecule has 2 atom stereocenters. The molecule has 0 spiro atoms. The van der Waals surface area contributed by atoms with Crippen molar-refractivity contribution in [2.24, 2.45) is 11.8 Å². The topological polar surface area (TPSA) is 38.8 Å². The lowest BCUT2D eigenvalue weighted by Gasteiger charge is -2.33. The van der Waals surface area contributed by atoms with Gasteiger partial charge in [-0.3, -0.25) is 4.79 Å². The lowest BCUT2D eigenvalue weighted by Crippen LogP contribution is -2.37. The van der Waals surface area contributed by atoms with Crippen LogP contribution in [0.15, 0.2) is 18.2 Å². The van der Waals surface area contributed by atoms with Crippen molar-refractivity contribution < 1.29 is 14.3 Å². The number of hydrogen-bond donors (Lipinski definition) is 0. The van der Waals surface area contributed by atoms with E-state index in [0.717, 1.165) is 49.4 Å². The minimum Gasteiger partial charge on any atom is -0.376 e. The zero-order valence-corrected chi connectivity index (χ0v) is 19.5. The summed E-state index contributed by atoms with van der Waals surface area (Å²) in [5.74, 6) is 0.780. The Balaban J connectivity index is 2.90. The summed E-state index contributed by atoms with van der Waals surface area (Å²) < 4.78 is 12.0. The molecule has 0 heterocycles. The number of aldehydes is 1. The van der Waals surface area contributed by atoms with Crippen LogP contribution in [0, 0.1) is 18.8 Å². The number of benzene rings is 1. The van der Waals surface area contributed by atoms with E-state index < -0.39 is 0 Å². The highest BCUT2D eigenvalue weighted by molar-refractivity contribution is 5.78. The fourth-order valence-corrected chi connectivity index (χ4v) is 2.92. The minimum atomic E-state index is -0.130. The molecular weight excluding hydrogens is 350 g/mol. The number of hydrogen-bond acceptors (Lipinski definition) is 4. The minimum absolute atomic E-state index is 0.130. The van der Waals surface area contributed by atoms with Gasteiger partial charge in [-0.25, -0.2) is 0 Å². The summed E-state index contributed by atoms with van der Waals surface area (Å²) in [4.78, 5) is 13.6. The van der Waals surface area contributed by atoms with Crippen LogP contribution < -0.4 is 4.90 Å². The van der Waals surface area contributed by atoms with Crippen molar-refractivity contribution in [3.05, 3.63) is 29.3 Å². The summed E-state index contributed by atoms with van der Waals surface area (Å²) in [6.07, 6.45) is 0.920. The average molecular weight is 392 g/mol. The summed E-state index contributed by atoms with van der Waals surface area (Å²) >= 11 is 0. The molecule has 0 saturated carbocycles. The van der Waals surface area contributed by atoms with Gasteiger partial charge in [0.2, 0.25) is 0 Å². The van der Waals surface area contributed by atoms with Gasteiger partial charge < -0.3 is 14.4 Å². The molecule has 160 valence electrons. The van der Waals surface area contributed by atoms with Crippen molar-refractivity contribution in [2.45, 2.75) is 73.5 Å². The second-order valence-corrected chi connectivity index (χ2v) is 10.1. The SMILES string of the molecule is Cc1cc(N(CC(C)COC(C)(C)C)CC(C)COC(C)(C)C)ccc1C=O. The van der Waals surface area contributed by atoms with Crippen molar-refractivity contribution in [2.75, 3.05) is 31.2 Å². The third-order valence-corrected chi connectivity index (χ3v) is 4.41. The quantitative estimate of drug-likeness (QED) is 0.493. The number of rotatable bonds is 10. The van der Waals surface area contributed by atoms with E-state index in [1.807, 2.05) is 19.1 Å². The summed E-state index contributed by atoms with van der Waals surface area (Å²) in [7, 11) is 0. The Morgan fingerprint density at radius 3 is 1.75 bits per heavy atom. The summed E-state index contributed by atoms with van der Waals surface area (Å²) in [5, 5.41) is 0. The molecule has 28 heavy (non-hydrogen) atoms. The number of anilines is 1. The molecule has 1 aromatic rings. The second-order valence-electron chi connectivity index (χ2n) is 10.1. The van der Waals surface area contributed by atoms with Gasteiger partial charge in [-0.1, -0.05) is 13.8 Å². The smallest absolute Gasteiger partial charge is 0.150 e. The van der Waals surface area contributed by atoms with E-state index in [1.165, 1.54) is 0 Å². The molecule has 0 amide bonds. The Labute approximate surface area is 172 Å². The van der Waals surface area contributed by atoms with Gasteiger partial charge in [-0.15, -0.1) is 0 Å². The molecule has 0 aliphatic carbocycles. The van der Waals surface area contributed by atoms with Crippen LogP contribution >= 0.6 is 0 Å². The first-order valence-electron chi connectivity index (χ1n) is 10.4. The molecule has 0 radical (unpaired) electrons. The van der Waals surface area contributed by atoms with Gasteiger partial charge in [0, 0.05) is 24.3 Å². The first kappa shape index (κ1) is 24.6. The van der Waals surface area contributed by atoms with Gasteiger partial charge in [0.25, 0.3) is 0 Å². The highest BCUT2D eigenvalue weighted by atomic mass is 16.5. The molecule has 0 aliphatic heterocycles. The van der Waals surface area contributed by atoms with Gasteiger partial charge >= 0.3 is 0 Å². The van der Waals surface area contributed by atoms with Crippen LogP contribution in [-0.2, 0) is 9.47 Å². The molecule has 1 rings (SSSR count). The number of ether oxygens (including phenoxy) is 2. The maximum atomic E-state index is 11.2. The Kier molecular flexibility index (Phi) is 9.16. The molecule has 0 bridgehead atoms. The van der Waals surface area contributed by atoms with Crippen molar-refractivity contribution in [3.63, 3.8) is 0 Å². The van der Waals surface area contributed by atoms with Crippen LogP contribution in [0.1, 0.15) is 71.3 Å². The first-order valence-corrected chi connectivity index (χ1v) is 10.4. The van der Waals surface area contributed by atoms with Crippen molar-refractivity contribution in [1.82, 2.24) is 0 Å².